The van der Waals surface area contributed by atoms with Crippen LogP contribution in [0.4, 0.5) is 4.39 Å². The van der Waals surface area contributed by atoms with Crippen LogP contribution in [-0.4, -0.2) is 11.0 Å². The van der Waals surface area contributed by atoms with Gasteiger partial charge < -0.3 is 15.7 Å². The van der Waals surface area contributed by atoms with Crippen molar-refractivity contribution in [3.63, 3.8) is 0 Å². The number of ether oxygens (including phenoxy) is 1. The van der Waals surface area contributed by atoms with Crippen LogP contribution >= 0.6 is 11.6 Å². The van der Waals surface area contributed by atoms with Crippen LogP contribution in [0.25, 0.3) is 0 Å². The minimum atomic E-state index is -0.633. The first-order chi connectivity index (χ1) is 9.51. The van der Waals surface area contributed by atoms with Gasteiger partial charge in [-0.15, -0.1) is 0 Å². The fourth-order valence-electron chi connectivity index (χ4n) is 1.61. The largest absolute Gasteiger partial charge is 0.453 e. The Morgan fingerprint density at radius 1 is 1.25 bits per heavy atom. The molecule has 0 spiro atoms. The zero-order valence-electron chi connectivity index (χ0n) is 10.6. The number of halogens is 2. The Balaban J connectivity index is 2.33. The Morgan fingerprint density at radius 2 is 2.00 bits per heavy atom. The molecule has 0 atom stereocenters. The second kappa shape index (κ2) is 5.79. The third-order valence-corrected chi connectivity index (χ3v) is 2.95. The number of benzene rings is 2. The lowest BCUT2D eigenvalue weighted by atomic mass is 10.2. The van der Waals surface area contributed by atoms with Crippen LogP contribution in [0.15, 0.2) is 41.6 Å². The number of nitrogens with zero attached hydrogens (tertiary/aromatic N) is 1. The molecule has 0 aromatic heterocycles. The molecular formula is C14H12ClFN2O2. The molecule has 0 fully saturated rings. The van der Waals surface area contributed by atoms with Gasteiger partial charge in [-0.1, -0.05) is 22.8 Å². The number of hydrogen-bond acceptors (Lipinski definition) is 3. The Hall–Kier alpha value is -2.27. The van der Waals surface area contributed by atoms with Gasteiger partial charge in [0.2, 0.25) is 0 Å². The first kappa shape index (κ1) is 14.1. The van der Waals surface area contributed by atoms with Gasteiger partial charge in [0.15, 0.2) is 17.4 Å². The second-order valence-corrected chi connectivity index (χ2v) is 4.57. The predicted molar refractivity (Wildman–Crippen MR) is 75.2 cm³/mol. The summed E-state index contributed by atoms with van der Waals surface area (Å²) in [7, 11) is 0. The third kappa shape index (κ3) is 3.00. The Morgan fingerprint density at radius 3 is 2.65 bits per heavy atom. The van der Waals surface area contributed by atoms with Crippen molar-refractivity contribution in [3.05, 3.63) is 58.4 Å². The van der Waals surface area contributed by atoms with Crippen molar-refractivity contribution in [3.8, 4) is 11.5 Å². The van der Waals surface area contributed by atoms with Crippen molar-refractivity contribution in [1.29, 1.82) is 0 Å². The van der Waals surface area contributed by atoms with E-state index in [0.29, 0.717) is 10.8 Å². The highest BCUT2D eigenvalue weighted by Gasteiger charge is 2.10. The van der Waals surface area contributed by atoms with Crippen molar-refractivity contribution < 1.29 is 14.3 Å². The summed E-state index contributed by atoms with van der Waals surface area (Å²) in [5.74, 6) is -0.440. The molecule has 4 nitrogen and oxygen atoms in total. The van der Waals surface area contributed by atoms with E-state index in [1.807, 2.05) is 13.0 Å². The summed E-state index contributed by atoms with van der Waals surface area (Å²) >= 11 is 5.98. The molecule has 0 bridgehead atoms. The summed E-state index contributed by atoms with van der Waals surface area (Å²) in [5, 5.41) is 11.7. The molecule has 0 saturated carbocycles. The van der Waals surface area contributed by atoms with Gasteiger partial charge in [-0.25, -0.2) is 4.39 Å². The molecule has 104 valence electrons. The van der Waals surface area contributed by atoms with E-state index in [1.165, 1.54) is 12.1 Å². The molecule has 0 aliphatic rings. The van der Waals surface area contributed by atoms with Crippen LogP contribution in [0.3, 0.4) is 0 Å². The van der Waals surface area contributed by atoms with E-state index >= 15 is 0 Å². The van der Waals surface area contributed by atoms with E-state index in [4.69, 9.17) is 27.3 Å². The van der Waals surface area contributed by atoms with Gasteiger partial charge in [0.05, 0.1) is 5.02 Å². The topological polar surface area (TPSA) is 67.8 Å². The Labute approximate surface area is 120 Å². The first-order valence-electron chi connectivity index (χ1n) is 5.72. The molecular weight excluding hydrogens is 283 g/mol. The third-order valence-electron chi connectivity index (χ3n) is 2.64. The maximum Gasteiger partial charge on any atom is 0.170 e. The lowest BCUT2D eigenvalue weighted by molar-refractivity contribution is 0.318. The van der Waals surface area contributed by atoms with Crippen LogP contribution < -0.4 is 10.5 Å². The maximum absolute atomic E-state index is 13.9. The molecule has 0 aliphatic carbocycles. The highest BCUT2D eigenvalue weighted by Crippen LogP contribution is 2.31. The number of nitrogens with two attached hydrogens (primary N) is 1. The highest BCUT2D eigenvalue weighted by atomic mass is 35.5. The van der Waals surface area contributed by atoms with Gasteiger partial charge in [0, 0.05) is 5.56 Å². The van der Waals surface area contributed by atoms with Gasteiger partial charge in [-0.05, 0) is 42.8 Å². The molecule has 0 saturated heterocycles. The molecule has 20 heavy (non-hydrogen) atoms. The van der Waals surface area contributed by atoms with Crippen LogP contribution in [0, 0.1) is 12.7 Å². The molecule has 3 N–H and O–H groups in total. The fourth-order valence-corrected chi connectivity index (χ4v) is 1.76. The lowest BCUT2D eigenvalue weighted by Crippen LogP contribution is -2.13. The smallest absolute Gasteiger partial charge is 0.170 e. The predicted octanol–water partition coefficient (Wildman–Crippen LogP) is 3.67. The number of rotatable bonds is 3. The Bertz CT molecular complexity index is 674. The molecule has 2 aromatic carbocycles. The van der Waals surface area contributed by atoms with Gasteiger partial charge in [-0.3, -0.25) is 0 Å². The summed E-state index contributed by atoms with van der Waals surface area (Å²) in [6.07, 6.45) is 0. The summed E-state index contributed by atoms with van der Waals surface area (Å²) in [5.41, 5.74) is 6.58. The minimum Gasteiger partial charge on any atom is -0.453 e. The van der Waals surface area contributed by atoms with E-state index in [2.05, 4.69) is 5.16 Å². The molecule has 0 radical (unpaired) electrons. The molecule has 2 aromatic rings. The number of amidine groups is 1. The Kier molecular flexibility index (Phi) is 4.10. The zero-order valence-corrected chi connectivity index (χ0v) is 11.4. The molecule has 0 amide bonds. The summed E-state index contributed by atoms with van der Waals surface area (Å²) in [6.45, 7) is 1.88. The van der Waals surface area contributed by atoms with Gasteiger partial charge in [0.25, 0.3) is 0 Å². The van der Waals surface area contributed by atoms with E-state index in [-0.39, 0.29) is 17.1 Å². The van der Waals surface area contributed by atoms with E-state index in [0.717, 1.165) is 11.6 Å². The summed E-state index contributed by atoms with van der Waals surface area (Å²) in [6, 6.07) is 9.20. The van der Waals surface area contributed by atoms with Crippen molar-refractivity contribution in [1.82, 2.24) is 0 Å². The first-order valence-corrected chi connectivity index (χ1v) is 6.10. The normalized spacial score (nSPS) is 11.4. The van der Waals surface area contributed by atoms with Gasteiger partial charge >= 0.3 is 0 Å². The SMILES string of the molecule is Cc1ccc(Cl)c(Oc2ccc(/C(N)=N/O)cc2F)c1. The lowest BCUT2D eigenvalue weighted by Gasteiger charge is -2.10. The van der Waals surface area contributed by atoms with Gasteiger partial charge in [-0.2, -0.15) is 0 Å². The monoisotopic (exact) mass is 294 g/mol. The van der Waals surface area contributed by atoms with Crippen molar-refractivity contribution >= 4 is 17.4 Å². The zero-order chi connectivity index (χ0) is 14.7. The fraction of sp³-hybridized carbons (Fsp3) is 0.0714. The van der Waals surface area contributed by atoms with Crippen LogP contribution in [0.2, 0.25) is 5.02 Å². The second-order valence-electron chi connectivity index (χ2n) is 4.17. The van der Waals surface area contributed by atoms with Crippen LogP contribution in [-0.2, 0) is 0 Å². The number of hydrogen-bond donors (Lipinski definition) is 2. The quantitative estimate of drug-likeness (QED) is 0.393. The molecule has 0 aliphatic heterocycles. The average Bonchev–Trinajstić information content (AvgIpc) is 2.44. The number of oxime groups is 1. The van der Waals surface area contributed by atoms with E-state index < -0.39 is 5.82 Å². The van der Waals surface area contributed by atoms with Gasteiger partial charge in [0.1, 0.15) is 5.75 Å². The summed E-state index contributed by atoms with van der Waals surface area (Å²) in [4.78, 5) is 0. The van der Waals surface area contributed by atoms with Crippen LogP contribution in [0.1, 0.15) is 11.1 Å². The summed E-state index contributed by atoms with van der Waals surface area (Å²) < 4.78 is 19.3. The maximum atomic E-state index is 13.9. The van der Waals surface area contributed by atoms with Crippen LogP contribution in [0.5, 0.6) is 11.5 Å². The van der Waals surface area contributed by atoms with Crippen molar-refractivity contribution in [2.45, 2.75) is 6.92 Å². The average molecular weight is 295 g/mol. The molecule has 0 unspecified atom stereocenters. The molecule has 2 rings (SSSR count). The molecule has 0 heterocycles. The minimum absolute atomic E-state index is 0.00647. The molecule has 6 heteroatoms. The van der Waals surface area contributed by atoms with Crippen molar-refractivity contribution in [2.75, 3.05) is 0 Å². The van der Waals surface area contributed by atoms with Crippen molar-refractivity contribution in [2.24, 2.45) is 10.9 Å². The van der Waals surface area contributed by atoms with E-state index in [9.17, 15) is 4.39 Å². The van der Waals surface area contributed by atoms with E-state index in [1.54, 1.807) is 12.1 Å². The number of aryl methyl sites for hydroxylation is 1. The standard InChI is InChI=1S/C14H12ClFN2O2/c1-8-2-4-10(15)13(6-8)20-12-5-3-9(7-11(12)16)14(17)18-19/h2-7,19H,1H3,(H2,17,18). The highest BCUT2D eigenvalue weighted by molar-refractivity contribution is 6.32.